The first-order valence-corrected chi connectivity index (χ1v) is 7.85. The molecule has 0 aromatic heterocycles. The van der Waals surface area contributed by atoms with E-state index in [2.05, 4.69) is 57.3 Å². The maximum atomic E-state index is 12.7. The molecule has 1 amide bonds. The van der Waals surface area contributed by atoms with Gasteiger partial charge in [0.05, 0.1) is 5.92 Å². The zero-order chi connectivity index (χ0) is 15.9. The molecular weight excluding hydrogens is 270 g/mol. The lowest BCUT2D eigenvalue weighted by Gasteiger charge is -2.09. The number of carbonyl (C=O) groups excluding carboxylic acids is 1. The Morgan fingerprint density at radius 1 is 1.09 bits per heavy atom. The van der Waals surface area contributed by atoms with Crippen LogP contribution in [0.25, 0.3) is 10.8 Å². The number of allylic oxidation sites excluding steroid dienone is 2. The molecule has 0 saturated heterocycles. The zero-order valence-corrected chi connectivity index (χ0v) is 13.7. The van der Waals surface area contributed by atoms with Gasteiger partial charge in [-0.2, -0.15) is 0 Å². The standard InChI is InChI=1S/C20H23NO/c1-13(2)12-16-18(20(16,3)4)19(22)21-17-11-7-9-14-8-5-6-10-15(14)17/h5-12,16,18H,1-4H3,(H,21,22)/t16-,18-/m1/s1. The number of hydrogen-bond donors (Lipinski definition) is 1. The average molecular weight is 293 g/mol. The second-order valence-corrected chi connectivity index (χ2v) is 7.08. The highest BCUT2D eigenvalue weighted by molar-refractivity contribution is 6.04. The highest BCUT2D eigenvalue weighted by Gasteiger charge is 2.60. The number of amides is 1. The lowest BCUT2D eigenvalue weighted by molar-refractivity contribution is -0.118. The van der Waals surface area contributed by atoms with Crippen molar-refractivity contribution in [3.8, 4) is 0 Å². The fourth-order valence-electron chi connectivity index (χ4n) is 3.39. The molecule has 2 heteroatoms. The first kappa shape index (κ1) is 14.8. The molecule has 114 valence electrons. The van der Waals surface area contributed by atoms with Crippen molar-refractivity contribution in [3.63, 3.8) is 0 Å². The molecule has 2 nitrogen and oxygen atoms in total. The van der Waals surface area contributed by atoms with E-state index in [0.29, 0.717) is 5.92 Å². The summed E-state index contributed by atoms with van der Waals surface area (Å²) >= 11 is 0. The van der Waals surface area contributed by atoms with Crippen molar-refractivity contribution >= 4 is 22.4 Å². The van der Waals surface area contributed by atoms with Crippen molar-refractivity contribution in [2.24, 2.45) is 17.3 Å². The number of nitrogens with one attached hydrogen (secondary N) is 1. The first-order valence-electron chi connectivity index (χ1n) is 7.85. The number of fused-ring (bicyclic) bond motifs is 1. The van der Waals surface area contributed by atoms with Crippen molar-refractivity contribution in [3.05, 3.63) is 54.1 Å². The van der Waals surface area contributed by atoms with Crippen molar-refractivity contribution in [1.29, 1.82) is 0 Å². The lowest BCUT2D eigenvalue weighted by atomic mass is 10.1. The Morgan fingerprint density at radius 3 is 2.50 bits per heavy atom. The molecule has 2 atom stereocenters. The van der Waals surface area contributed by atoms with Gasteiger partial charge in [-0.05, 0) is 36.6 Å². The van der Waals surface area contributed by atoms with Gasteiger partial charge < -0.3 is 5.32 Å². The number of carbonyl (C=O) groups is 1. The minimum Gasteiger partial charge on any atom is -0.325 e. The fourth-order valence-corrected chi connectivity index (χ4v) is 3.39. The molecule has 1 saturated carbocycles. The van der Waals surface area contributed by atoms with Crippen molar-refractivity contribution < 1.29 is 4.79 Å². The monoisotopic (exact) mass is 293 g/mol. The third kappa shape index (κ3) is 2.54. The van der Waals surface area contributed by atoms with Crippen LogP contribution >= 0.6 is 0 Å². The Kier molecular flexibility index (Phi) is 3.56. The van der Waals surface area contributed by atoms with Gasteiger partial charge in [0.1, 0.15) is 0 Å². The second kappa shape index (κ2) is 5.28. The van der Waals surface area contributed by atoms with Gasteiger partial charge >= 0.3 is 0 Å². The van der Waals surface area contributed by atoms with E-state index in [1.54, 1.807) is 0 Å². The van der Waals surface area contributed by atoms with Crippen LogP contribution in [0.1, 0.15) is 27.7 Å². The zero-order valence-electron chi connectivity index (χ0n) is 13.7. The predicted molar refractivity (Wildman–Crippen MR) is 92.8 cm³/mol. The summed E-state index contributed by atoms with van der Waals surface area (Å²) in [6.45, 7) is 8.52. The molecule has 2 aromatic carbocycles. The molecule has 0 bridgehead atoms. The van der Waals surface area contributed by atoms with Crippen LogP contribution in [-0.2, 0) is 4.79 Å². The van der Waals surface area contributed by atoms with Gasteiger partial charge in [0.2, 0.25) is 5.91 Å². The maximum Gasteiger partial charge on any atom is 0.228 e. The minimum absolute atomic E-state index is 0.0476. The molecule has 3 rings (SSSR count). The van der Waals surface area contributed by atoms with Crippen LogP contribution in [0, 0.1) is 17.3 Å². The van der Waals surface area contributed by atoms with Gasteiger partial charge in [0, 0.05) is 11.1 Å². The van der Waals surface area contributed by atoms with Gasteiger partial charge in [-0.25, -0.2) is 0 Å². The van der Waals surface area contributed by atoms with E-state index in [4.69, 9.17) is 0 Å². The smallest absolute Gasteiger partial charge is 0.228 e. The van der Waals surface area contributed by atoms with Crippen LogP contribution in [0.3, 0.4) is 0 Å². The van der Waals surface area contributed by atoms with E-state index >= 15 is 0 Å². The summed E-state index contributed by atoms with van der Waals surface area (Å²) in [6, 6.07) is 14.2. The normalized spacial score (nSPS) is 22.2. The molecular formula is C20H23NO. The third-order valence-corrected chi connectivity index (χ3v) is 4.75. The maximum absolute atomic E-state index is 12.7. The molecule has 0 unspecified atom stereocenters. The van der Waals surface area contributed by atoms with E-state index in [-0.39, 0.29) is 17.2 Å². The molecule has 0 heterocycles. The summed E-state index contributed by atoms with van der Waals surface area (Å²) in [5.41, 5.74) is 2.23. The first-order chi connectivity index (χ1) is 10.4. The van der Waals surface area contributed by atoms with Gasteiger partial charge in [-0.15, -0.1) is 0 Å². The number of rotatable bonds is 3. The van der Waals surface area contributed by atoms with Crippen molar-refractivity contribution in [1.82, 2.24) is 0 Å². The summed E-state index contributed by atoms with van der Waals surface area (Å²) in [5.74, 6) is 0.526. The van der Waals surface area contributed by atoms with E-state index in [0.717, 1.165) is 16.5 Å². The quantitative estimate of drug-likeness (QED) is 0.791. The molecule has 0 aliphatic heterocycles. The molecule has 1 fully saturated rings. The summed E-state index contributed by atoms with van der Waals surface area (Å²) in [7, 11) is 0. The molecule has 1 N–H and O–H groups in total. The van der Waals surface area contributed by atoms with Gasteiger partial charge in [0.25, 0.3) is 0 Å². The van der Waals surface area contributed by atoms with Crippen LogP contribution in [0.2, 0.25) is 0 Å². The Morgan fingerprint density at radius 2 is 1.77 bits per heavy atom. The largest absolute Gasteiger partial charge is 0.325 e. The highest BCUT2D eigenvalue weighted by Crippen LogP contribution is 2.59. The Hall–Kier alpha value is -2.09. The number of anilines is 1. The van der Waals surface area contributed by atoms with Gasteiger partial charge in [0.15, 0.2) is 0 Å². The Labute approximate surface area is 132 Å². The molecule has 0 radical (unpaired) electrons. The van der Waals surface area contributed by atoms with E-state index in [1.807, 2.05) is 24.3 Å². The highest BCUT2D eigenvalue weighted by atomic mass is 16.2. The lowest BCUT2D eigenvalue weighted by Crippen LogP contribution is -2.17. The van der Waals surface area contributed by atoms with E-state index in [9.17, 15) is 4.79 Å². The average Bonchev–Trinajstić information content (AvgIpc) is 2.99. The van der Waals surface area contributed by atoms with Crippen molar-refractivity contribution in [2.45, 2.75) is 27.7 Å². The van der Waals surface area contributed by atoms with Crippen LogP contribution in [0.4, 0.5) is 5.69 Å². The summed E-state index contributed by atoms with van der Waals surface area (Å²) in [5, 5.41) is 5.38. The topological polar surface area (TPSA) is 29.1 Å². The number of hydrogen-bond acceptors (Lipinski definition) is 1. The SMILES string of the molecule is CC(C)=C[C@@H]1[C@H](C(=O)Nc2cccc3ccccc23)C1(C)C. The van der Waals surface area contributed by atoms with E-state index < -0.39 is 0 Å². The van der Waals surface area contributed by atoms with Crippen LogP contribution in [-0.4, -0.2) is 5.91 Å². The van der Waals surface area contributed by atoms with Crippen LogP contribution < -0.4 is 5.32 Å². The minimum atomic E-state index is 0.0476. The number of benzene rings is 2. The van der Waals surface area contributed by atoms with Gasteiger partial charge in [-0.1, -0.05) is 61.9 Å². The Balaban J connectivity index is 1.84. The van der Waals surface area contributed by atoms with Crippen LogP contribution in [0.5, 0.6) is 0 Å². The second-order valence-electron chi connectivity index (χ2n) is 7.08. The fraction of sp³-hybridized carbons (Fsp3) is 0.350. The summed E-state index contributed by atoms with van der Waals surface area (Å²) in [6.07, 6.45) is 2.23. The van der Waals surface area contributed by atoms with Crippen molar-refractivity contribution in [2.75, 3.05) is 5.32 Å². The Bertz CT molecular complexity index is 748. The third-order valence-electron chi connectivity index (χ3n) is 4.75. The van der Waals surface area contributed by atoms with Gasteiger partial charge in [-0.3, -0.25) is 4.79 Å². The summed E-state index contributed by atoms with van der Waals surface area (Å²) < 4.78 is 0. The van der Waals surface area contributed by atoms with E-state index in [1.165, 1.54) is 5.57 Å². The molecule has 0 spiro atoms. The molecule has 22 heavy (non-hydrogen) atoms. The van der Waals surface area contributed by atoms with Crippen LogP contribution in [0.15, 0.2) is 54.1 Å². The molecule has 1 aliphatic carbocycles. The predicted octanol–water partition coefficient (Wildman–Crippen LogP) is 5.02. The molecule has 2 aromatic rings. The molecule has 1 aliphatic rings. The summed E-state index contributed by atoms with van der Waals surface area (Å²) in [4.78, 5) is 12.7.